The van der Waals surface area contributed by atoms with Crippen molar-refractivity contribution in [3.63, 3.8) is 0 Å². The molecule has 0 saturated carbocycles. The standard InChI is InChI=1S/C21H25ClN2O2/c1-16(23-14-17-2-4-19(22)5-3-17)24-20-6-8-21(9-7-20)26-15-18-10-12-25-13-11-18/h2-9,18,23-24H,1,10-15H2. The number of hydrogen-bond donors (Lipinski definition) is 2. The molecule has 0 radical (unpaired) electrons. The second kappa shape index (κ2) is 9.51. The maximum Gasteiger partial charge on any atom is 0.119 e. The summed E-state index contributed by atoms with van der Waals surface area (Å²) in [6, 6.07) is 15.7. The Hall–Kier alpha value is -2.17. The van der Waals surface area contributed by atoms with Gasteiger partial charge in [-0.15, -0.1) is 0 Å². The molecule has 2 aromatic rings. The van der Waals surface area contributed by atoms with E-state index in [1.54, 1.807) is 0 Å². The van der Waals surface area contributed by atoms with Crippen molar-refractivity contribution in [2.45, 2.75) is 19.4 Å². The van der Waals surface area contributed by atoms with Gasteiger partial charge in [0.25, 0.3) is 0 Å². The first-order valence-electron chi connectivity index (χ1n) is 8.94. The summed E-state index contributed by atoms with van der Waals surface area (Å²) in [5.41, 5.74) is 2.12. The molecule has 1 saturated heterocycles. The molecule has 4 nitrogen and oxygen atoms in total. The Balaban J connectivity index is 1.41. The lowest BCUT2D eigenvalue weighted by Crippen LogP contribution is -2.21. The summed E-state index contributed by atoms with van der Waals surface area (Å²) in [4.78, 5) is 0. The van der Waals surface area contributed by atoms with Gasteiger partial charge in [0.05, 0.1) is 12.4 Å². The van der Waals surface area contributed by atoms with Crippen LogP contribution in [0.4, 0.5) is 5.69 Å². The number of nitrogens with one attached hydrogen (secondary N) is 2. The Morgan fingerprint density at radius 2 is 1.77 bits per heavy atom. The van der Waals surface area contributed by atoms with Gasteiger partial charge >= 0.3 is 0 Å². The number of benzene rings is 2. The third-order valence-corrected chi connectivity index (χ3v) is 4.65. The highest BCUT2D eigenvalue weighted by atomic mass is 35.5. The lowest BCUT2D eigenvalue weighted by atomic mass is 10.0. The quantitative estimate of drug-likeness (QED) is 0.697. The van der Waals surface area contributed by atoms with Crippen LogP contribution in [0.5, 0.6) is 5.75 Å². The number of ether oxygens (including phenoxy) is 2. The topological polar surface area (TPSA) is 42.5 Å². The molecular formula is C21H25ClN2O2. The van der Waals surface area contributed by atoms with Crippen LogP contribution in [0.2, 0.25) is 5.02 Å². The number of anilines is 1. The van der Waals surface area contributed by atoms with E-state index in [4.69, 9.17) is 21.1 Å². The molecule has 2 aromatic carbocycles. The van der Waals surface area contributed by atoms with E-state index in [0.717, 1.165) is 60.5 Å². The highest BCUT2D eigenvalue weighted by Gasteiger charge is 2.14. The molecule has 26 heavy (non-hydrogen) atoms. The van der Waals surface area contributed by atoms with E-state index in [2.05, 4.69) is 17.2 Å². The second-order valence-electron chi connectivity index (χ2n) is 6.47. The minimum Gasteiger partial charge on any atom is -0.493 e. The van der Waals surface area contributed by atoms with Crippen molar-refractivity contribution in [2.75, 3.05) is 25.1 Å². The number of rotatable bonds is 8. The molecule has 1 aliphatic heterocycles. The van der Waals surface area contributed by atoms with E-state index >= 15 is 0 Å². The zero-order valence-electron chi connectivity index (χ0n) is 14.8. The lowest BCUT2D eigenvalue weighted by Gasteiger charge is -2.22. The molecule has 0 spiro atoms. The van der Waals surface area contributed by atoms with E-state index in [-0.39, 0.29) is 0 Å². The fraction of sp³-hybridized carbons (Fsp3) is 0.333. The van der Waals surface area contributed by atoms with Crippen LogP contribution in [-0.2, 0) is 11.3 Å². The van der Waals surface area contributed by atoms with Crippen molar-refractivity contribution < 1.29 is 9.47 Å². The molecule has 138 valence electrons. The molecule has 0 unspecified atom stereocenters. The summed E-state index contributed by atoms with van der Waals surface area (Å²) in [6.07, 6.45) is 2.16. The van der Waals surface area contributed by atoms with E-state index in [1.165, 1.54) is 0 Å². The SMILES string of the molecule is C=C(NCc1ccc(Cl)cc1)Nc1ccc(OCC2CCOCC2)cc1. The maximum atomic E-state index is 5.89. The van der Waals surface area contributed by atoms with Crippen LogP contribution in [0, 0.1) is 5.92 Å². The van der Waals surface area contributed by atoms with Crippen molar-refractivity contribution in [1.82, 2.24) is 5.32 Å². The first-order chi connectivity index (χ1) is 12.7. The fourth-order valence-electron chi connectivity index (χ4n) is 2.79. The third-order valence-electron chi connectivity index (χ3n) is 4.40. The minimum absolute atomic E-state index is 0.596. The highest BCUT2D eigenvalue weighted by Crippen LogP contribution is 2.20. The van der Waals surface area contributed by atoms with Crippen LogP contribution in [-0.4, -0.2) is 19.8 Å². The fourth-order valence-corrected chi connectivity index (χ4v) is 2.92. The van der Waals surface area contributed by atoms with Gasteiger partial charge in [-0.1, -0.05) is 30.3 Å². The van der Waals surface area contributed by atoms with Crippen molar-refractivity contribution in [3.8, 4) is 5.75 Å². The highest BCUT2D eigenvalue weighted by molar-refractivity contribution is 6.30. The Morgan fingerprint density at radius 3 is 2.46 bits per heavy atom. The zero-order valence-corrected chi connectivity index (χ0v) is 15.6. The predicted molar refractivity (Wildman–Crippen MR) is 107 cm³/mol. The van der Waals surface area contributed by atoms with Gasteiger partial charge in [-0.25, -0.2) is 0 Å². The van der Waals surface area contributed by atoms with Gasteiger partial charge in [-0.2, -0.15) is 0 Å². The zero-order chi connectivity index (χ0) is 18.2. The van der Waals surface area contributed by atoms with Crippen molar-refractivity contribution >= 4 is 17.3 Å². The molecule has 0 atom stereocenters. The van der Waals surface area contributed by atoms with Crippen LogP contribution < -0.4 is 15.4 Å². The van der Waals surface area contributed by atoms with Crippen molar-refractivity contribution in [3.05, 3.63) is 71.5 Å². The van der Waals surface area contributed by atoms with Crippen LogP contribution in [0.15, 0.2) is 60.9 Å². The van der Waals surface area contributed by atoms with E-state index in [0.29, 0.717) is 12.5 Å². The average molecular weight is 373 g/mol. The Labute approximate surface area is 160 Å². The average Bonchev–Trinajstić information content (AvgIpc) is 2.68. The van der Waals surface area contributed by atoms with Crippen molar-refractivity contribution in [1.29, 1.82) is 0 Å². The van der Waals surface area contributed by atoms with Gasteiger partial charge in [0.1, 0.15) is 5.75 Å². The van der Waals surface area contributed by atoms with Gasteiger partial charge < -0.3 is 20.1 Å². The van der Waals surface area contributed by atoms with E-state index in [9.17, 15) is 0 Å². The summed E-state index contributed by atoms with van der Waals surface area (Å²) in [5, 5.41) is 7.25. The molecule has 3 rings (SSSR count). The summed E-state index contributed by atoms with van der Waals surface area (Å²) < 4.78 is 11.3. The minimum atomic E-state index is 0.596. The number of hydrogen-bond acceptors (Lipinski definition) is 4. The first kappa shape index (κ1) is 18.6. The summed E-state index contributed by atoms with van der Waals surface area (Å²) >= 11 is 5.89. The molecule has 0 aromatic heterocycles. The van der Waals surface area contributed by atoms with Crippen LogP contribution in [0.3, 0.4) is 0 Å². The lowest BCUT2D eigenvalue weighted by molar-refractivity contribution is 0.0497. The molecule has 1 fully saturated rings. The van der Waals surface area contributed by atoms with E-state index in [1.807, 2.05) is 48.5 Å². The Bertz CT molecular complexity index is 695. The van der Waals surface area contributed by atoms with Crippen LogP contribution >= 0.6 is 11.6 Å². The maximum absolute atomic E-state index is 5.89. The van der Waals surface area contributed by atoms with Crippen molar-refractivity contribution in [2.24, 2.45) is 5.92 Å². The normalized spacial score (nSPS) is 14.7. The third kappa shape index (κ3) is 5.97. The van der Waals surface area contributed by atoms with Gasteiger partial charge in [-0.05, 0) is 60.7 Å². The molecule has 1 heterocycles. The van der Waals surface area contributed by atoms with Gasteiger partial charge in [0, 0.05) is 30.5 Å². The largest absolute Gasteiger partial charge is 0.493 e. The Kier molecular flexibility index (Phi) is 6.81. The van der Waals surface area contributed by atoms with Gasteiger partial charge in [-0.3, -0.25) is 0 Å². The first-order valence-corrected chi connectivity index (χ1v) is 9.32. The summed E-state index contributed by atoms with van der Waals surface area (Å²) in [5.74, 6) is 2.23. The smallest absolute Gasteiger partial charge is 0.119 e. The van der Waals surface area contributed by atoms with E-state index < -0.39 is 0 Å². The summed E-state index contributed by atoms with van der Waals surface area (Å²) in [6.45, 7) is 7.15. The molecule has 2 N–H and O–H groups in total. The van der Waals surface area contributed by atoms with Crippen LogP contribution in [0.1, 0.15) is 18.4 Å². The molecule has 1 aliphatic rings. The molecule has 0 aliphatic carbocycles. The Morgan fingerprint density at radius 1 is 1.08 bits per heavy atom. The van der Waals surface area contributed by atoms with Gasteiger partial charge in [0.2, 0.25) is 0 Å². The number of halogens is 1. The second-order valence-corrected chi connectivity index (χ2v) is 6.91. The molecular weight excluding hydrogens is 348 g/mol. The molecule has 5 heteroatoms. The molecule has 0 amide bonds. The van der Waals surface area contributed by atoms with Gasteiger partial charge in [0.15, 0.2) is 0 Å². The predicted octanol–water partition coefficient (Wildman–Crippen LogP) is 4.82. The molecule has 0 bridgehead atoms. The monoisotopic (exact) mass is 372 g/mol. The van der Waals surface area contributed by atoms with Crippen LogP contribution in [0.25, 0.3) is 0 Å². The summed E-state index contributed by atoms with van der Waals surface area (Å²) in [7, 11) is 0.